The molecule has 0 saturated carbocycles. The summed E-state index contributed by atoms with van der Waals surface area (Å²) in [6.45, 7) is 1.34. The molecule has 10 heavy (non-hydrogen) atoms. The van der Waals surface area contributed by atoms with E-state index in [2.05, 4.69) is 9.47 Å². The Balaban J connectivity index is 4.30. The summed E-state index contributed by atoms with van der Waals surface area (Å²) in [5, 5.41) is 10.6. The molecular formula is C6H9O4-. The molecule has 0 unspecified atom stereocenters. The van der Waals surface area contributed by atoms with Crippen LogP contribution in [0.15, 0.2) is 11.5 Å². The molecule has 0 aromatic carbocycles. The van der Waals surface area contributed by atoms with Gasteiger partial charge in [0.05, 0.1) is 18.6 Å². The molecule has 4 nitrogen and oxygen atoms in total. The number of rotatable bonds is 2. The second-order valence-electron chi connectivity index (χ2n) is 1.61. The number of carbonyl (C=O) groups excluding carboxylic acids is 1. The summed E-state index contributed by atoms with van der Waals surface area (Å²) in [4.78, 5) is 10.6. The van der Waals surface area contributed by atoms with Crippen molar-refractivity contribution < 1.29 is 19.4 Å². The normalized spacial score (nSPS) is 11.9. The topological polar surface area (TPSA) is 58.6 Å². The fraction of sp³-hybridized carbons (Fsp3) is 0.500. The SMILES string of the molecule is COC(=O)C(C)=C([O-])OC. The van der Waals surface area contributed by atoms with Crippen molar-refractivity contribution in [3.63, 3.8) is 0 Å². The van der Waals surface area contributed by atoms with Gasteiger partial charge in [0, 0.05) is 0 Å². The van der Waals surface area contributed by atoms with Gasteiger partial charge in [-0.15, -0.1) is 0 Å². The van der Waals surface area contributed by atoms with Crippen LogP contribution in [0.25, 0.3) is 0 Å². The number of esters is 1. The lowest BCUT2D eigenvalue weighted by Gasteiger charge is -2.11. The van der Waals surface area contributed by atoms with Crippen molar-refractivity contribution in [3.8, 4) is 0 Å². The van der Waals surface area contributed by atoms with Crippen LogP contribution in [0.3, 0.4) is 0 Å². The Labute approximate surface area is 59.1 Å². The van der Waals surface area contributed by atoms with Gasteiger partial charge in [-0.25, -0.2) is 4.79 Å². The number of hydrogen-bond donors (Lipinski definition) is 0. The first kappa shape index (κ1) is 8.81. The maximum absolute atomic E-state index is 10.6. The smallest absolute Gasteiger partial charge is 0.335 e. The van der Waals surface area contributed by atoms with E-state index in [4.69, 9.17) is 0 Å². The maximum atomic E-state index is 10.6. The Bertz CT molecular complexity index is 159. The lowest BCUT2D eigenvalue weighted by Crippen LogP contribution is -2.14. The minimum atomic E-state index is -0.660. The largest absolute Gasteiger partial charge is 0.616 e. The second-order valence-corrected chi connectivity index (χ2v) is 1.61. The van der Waals surface area contributed by atoms with Crippen LogP contribution in [0, 0.1) is 0 Å². The van der Waals surface area contributed by atoms with Crippen LogP contribution in [-0.2, 0) is 14.3 Å². The van der Waals surface area contributed by atoms with Crippen LogP contribution in [0.5, 0.6) is 0 Å². The first-order chi connectivity index (χ1) is 4.63. The molecule has 0 bridgehead atoms. The van der Waals surface area contributed by atoms with Gasteiger partial charge in [-0.05, 0) is 14.0 Å². The minimum Gasteiger partial charge on any atom is -0.616 e. The Kier molecular flexibility index (Phi) is 3.32. The van der Waals surface area contributed by atoms with Crippen LogP contribution in [0.1, 0.15) is 6.92 Å². The molecule has 0 radical (unpaired) electrons. The molecule has 58 valence electrons. The Morgan fingerprint density at radius 1 is 1.30 bits per heavy atom. The quantitative estimate of drug-likeness (QED) is 0.295. The molecule has 0 aliphatic carbocycles. The second kappa shape index (κ2) is 3.76. The van der Waals surface area contributed by atoms with Crippen LogP contribution in [0.4, 0.5) is 0 Å². The van der Waals surface area contributed by atoms with Gasteiger partial charge in [-0.2, -0.15) is 0 Å². The zero-order chi connectivity index (χ0) is 8.15. The number of ether oxygens (including phenoxy) is 2. The highest BCUT2D eigenvalue weighted by Crippen LogP contribution is 1.99. The predicted octanol–water partition coefficient (Wildman–Crippen LogP) is -0.602. The molecule has 0 aromatic rings. The summed E-state index contributed by atoms with van der Waals surface area (Å²) in [6, 6.07) is 0. The lowest BCUT2D eigenvalue weighted by atomic mass is 10.3. The zero-order valence-corrected chi connectivity index (χ0v) is 6.13. The average molecular weight is 145 g/mol. The van der Waals surface area contributed by atoms with Crippen LogP contribution >= 0.6 is 0 Å². The molecule has 0 aromatic heterocycles. The summed E-state index contributed by atoms with van der Waals surface area (Å²) >= 11 is 0. The molecule has 0 atom stereocenters. The van der Waals surface area contributed by atoms with Gasteiger partial charge in [-0.3, -0.25) is 0 Å². The van der Waals surface area contributed by atoms with Gasteiger partial charge >= 0.3 is 5.97 Å². The molecule has 0 spiro atoms. The van der Waals surface area contributed by atoms with Crippen molar-refractivity contribution in [2.24, 2.45) is 0 Å². The number of hydrogen-bond acceptors (Lipinski definition) is 4. The standard InChI is InChI=1S/C6H10O4/c1-4(5(7)9-2)6(8)10-3/h7H,1-3H3/p-1. The first-order valence-electron chi connectivity index (χ1n) is 2.63. The van der Waals surface area contributed by atoms with Gasteiger partial charge in [-0.1, -0.05) is 0 Å². The molecule has 4 heteroatoms. The van der Waals surface area contributed by atoms with E-state index in [1.54, 1.807) is 0 Å². The van der Waals surface area contributed by atoms with Crippen LogP contribution < -0.4 is 5.11 Å². The van der Waals surface area contributed by atoms with E-state index in [1.807, 2.05) is 0 Å². The van der Waals surface area contributed by atoms with Crippen LogP contribution in [-0.4, -0.2) is 20.2 Å². The van der Waals surface area contributed by atoms with E-state index < -0.39 is 11.9 Å². The van der Waals surface area contributed by atoms with Crippen molar-refractivity contribution in [1.82, 2.24) is 0 Å². The predicted molar refractivity (Wildman–Crippen MR) is 31.7 cm³/mol. The van der Waals surface area contributed by atoms with E-state index in [1.165, 1.54) is 21.1 Å². The van der Waals surface area contributed by atoms with E-state index in [0.29, 0.717) is 0 Å². The van der Waals surface area contributed by atoms with Gasteiger partial charge < -0.3 is 14.6 Å². The molecule has 0 aliphatic rings. The van der Waals surface area contributed by atoms with Crippen molar-refractivity contribution in [1.29, 1.82) is 0 Å². The Morgan fingerprint density at radius 2 is 1.80 bits per heavy atom. The fourth-order valence-corrected chi connectivity index (χ4v) is 0.390. The molecule has 0 heterocycles. The summed E-state index contributed by atoms with van der Waals surface area (Å²) in [5.74, 6) is -1.32. The van der Waals surface area contributed by atoms with Crippen molar-refractivity contribution in [2.45, 2.75) is 6.92 Å². The van der Waals surface area contributed by atoms with Crippen molar-refractivity contribution in [3.05, 3.63) is 11.5 Å². The van der Waals surface area contributed by atoms with Gasteiger partial charge in [0.1, 0.15) is 0 Å². The minimum absolute atomic E-state index is 0.0509. The average Bonchev–Trinajstić information content (AvgIpc) is 2.00. The van der Waals surface area contributed by atoms with Gasteiger partial charge in [0.15, 0.2) is 0 Å². The number of carbonyl (C=O) groups is 1. The van der Waals surface area contributed by atoms with E-state index in [9.17, 15) is 9.90 Å². The molecule has 0 amide bonds. The van der Waals surface area contributed by atoms with E-state index in [-0.39, 0.29) is 5.57 Å². The lowest BCUT2D eigenvalue weighted by molar-refractivity contribution is -0.354. The van der Waals surface area contributed by atoms with Gasteiger partial charge in [0.2, 0.25) is 0 Å². The van der Waals surface area contributed by atoms with E-state index in [0.717, 1.165) is 0 Å². The molecule has 0 saturated heterocycles. The number of methoxy groups -OCH3 is 2. The molecule has 0 aliphatic heterocycles. The van der Waals surface area contributed by atoms with Crippen LogP contribution in [0.2, 0.25) is 0 Å². The Hall–Kier alpha value is -1.19. The molecule has 0 N–H and O–H groups in total. The molecule has 0 fully saturated rings. The molecular weight excluding hydrogens is 136 g/mol. The first-order valence-corrected chi connectivity index (χ1v) is 2.63. The Morgan fingerprint density at radius 3 is 2.10 bits per heavy atom. The summed E-state index contributed by atoms with van der Waals surface area (Å²) < 4.78 is 8.52. The van der Waals surface area contributed by atoms with Crippen molar-refractivity contribution in [2.75, 3.05) is 14.2 Å². The van der Waals surface area contributed by atoms with E-state index >= 15 is 0 Å². The van der Waals surface area contributed by atoms with Gasteiger partial charge in [0.25, 0.3) is 0 Å². The highest BCUT2D eigenvalue weighted by molar-refractivity contribution is 5.87. The highest BCUT2D eigenvalue weighted by atomic mass is 16.6. The maximum Gasteiger partial charge on any atom is 0.335 e. The summed E-state index contributed by atoms with van der Waals surface area (Å²) in [5.41, 5.74) is -0.0509. The summed E-state index contributed by atoms with van der Waals surface area (Å²) in [6.07, 6.45) is 0. The third-order valence-corrected chi connectivity index (χ3v) is 0.983. The fourth-order valence-electron chi connectivity index (χ4n) is 0.390. The third kappa shape index (κ3) is 1.97. The molecule has 0 rings (SSSR count). The summed E-state index contributed by atoms with van der Waals surface area (Å²) in [7, 11) is 2.41. The third-order valence-electron chi connectivity index (χ3n) is 0.983. The monoisotopic (exact) mass is 145 g/mol. The zero-order valence-electron chi connectivity index (χ0n) is 6.13. The van der Waals surface area contributed by atoms with Crippen molar-refractivity contribution >= 4 is 5.97 Å². The highest BCUT2D eigenvalue weighted by Gasteiger charge is 2.03.